The molecule has 0 saturated heterocycles. The van der Waals surface area contributed by atoms with Crippen LogP contribution in [0.3, 0.4) is 0 Å². The molecule has 3 nitrogen and oxygen atoms in total. The number of benzene rings is 3. The lowest BCUT2D eigenvalue weighted by Crippen LogP contribution is -2.15. The van der Waals surface area contributed by atoms with Gasteiger partial charge < -0.3 is 9.30 Å². The molecular weight excluding hydrogens is 344 g/mol. The first kappa shape index (κ1) is 18.3. The minimum Gasteiger partial charge on any atom is -0.484 e. The molecule has 0 saturated carbocycles. The van der Waals surface area contributed by atoms with Crippen LogP contribution in [0.1, 0.15) is 38.0 Å². The average molecular weight is 370 g/mol. The highest BCUT2D eigenvalue weighted by Crippen LogP contribution is 2.29. The number of imidazole rings is 1. The van der Waals surface area contributed by atoms with E-state index in [9.17, 15) is 0 Å². The first-order chi connectivity index (χ1) is 13.5. The quantitative estimate of drug-likeness (QED) is 0.421. The van der Waals surface area contributed by atoms with Crippen molar-refractivity contribution in [1.82, 2.24) is 9.55 Å². The molecule has 28 heavy (non-hydrogen) atoms. The summed E-state index contributed by atoms with van der Waals surface area (Å²) in [5, 5.41) is 2.46. The van der Waals surface area contributed by atoms with Gasteiger partial charge >= 0.3 is 0 Å². The van der Waals surface area contributed by atoms with Crippen LogP contribution in [-0.4, -0.2) is 9.55 Å². The van der Waals surface area contributed by atoms with Gasteiger partial charge in [-0.25, -0.2) is 4.98 Å². The van der Waals surface area contributed by atoms with Gasteiger partial charge in [0.2, 0.25) is 0 Å². The second-order valence-electron chi connectivity index (χ2n) is 8.25. The zero-order chi connectivity index (χ0) is 19.6. The molecule has 0 N–H and O–H groups in total. The molecule has 0 amide bonds. The molecular formula is C25H26N2O. The molecule has 0 radical (unpaired) electrons. The van der Waals surface area contributed by atoms with Gasteiger partial charge in [0.1, 0.15) is 11.9 Å². The molecule has 0 bridgehead atoms. The molecule has 1 aromatic heterocycles. The summed E-state index contributed by atoms with van der Waals surface area (Å²) in [6, 6.07) is 23.4. The number of aromatic nitrogens is 2. The molecule has 4 rings (SSSR count). The van der Waals surface area contributed by atoms with E-state index in [4.69, 9.17) is 4.74 Å². The van der Waals surface area contributed by atoms with Gasteiger partial charge in [0.15, 0.2) is 0 Å². The van der Waals surface area contributed by atoms with Crippen molar-refractivity contribution in [2.45, 2.75) is 38.8 Å². The second kappa shape index (κ2) is 7.51. The van der Waals surface area contributed by atoms with Crippen LogP contribution in [0.2, 0.25) is 0 Å². The van der Waals surface area contributed by atoms with Gasteiger partial charge in [-0.3, -0.25) is 0 Å². The van der Waals surface area contributed by atoms with E-state index in [0.717, 1.165) is 11.3 Å². The van der Waals surface area contributed by atoms with E-state index in [-0.39, 0.29) is 11.5 Å². The Balaban J connectivity index is 1.64. The Morgan fingerprint density at radius 2 is 1.68 bits per heavy atom. The van der Waals surface area contributed by atoms with E-state index in [2.05, 4.69) is 97.1 Å². The van der Waals surface area contributed by atoms with Gasteiger partial charge in [-0.05, 0) is 45.5 Å². The number of hydrogen-bond acceptors (Lipinski definition) is 2. The van der Waals surface area contributed by atoms with Crippen LogP contribution in [0.25, 0.3) is 10.8 Å². The van der Waals surface area contributed by atoms with Gasteiger partial charge in [0.05, 0.1) is 12.9 Å². The smallest absolute Gasteiger partial charge is 0.142 e. The van der Waals surface area contributed by atoms with Crippen LogP contribution < -0.4 is 4.74 Å². The van der Waals surface area contributed by atoms with E-state index in [1.807, 2.05) is 12.5 Å². The second-order valence-corrected chi connectivity index (χ2v) is 8.25. The normalized spacial score (nSPS) is 12.8. The molecule has 1 heterocycles. The lowest BCUT2D eigenvalue weighted by molar-refractivity contribution is 0.183. The standard InChI is InChI=1S/C25H26N2O/c1-25(2,3)22-10-12-23(13-11-22)28-24(17-27-15-14-26-18-27)21-9-8-19-6-4-5-7-20(19)16-21/h4-16,18,24H,17H2,1-3H3. The highest BCUT2D eigenvalue weighted by molar-refractivity contribution is 5.83. The number of fused-ring (bicyclic) bond motifs is 1. The molecule has 0 aliphatic heterocycles. The maximum atomic E-state index is 6.44. The molecule has 0 aliphatic carbocycles. The number of rotatable bonds is 5. The number of nitrogens with zero attached hydrogens (tertiary/aromatic N) is 2. The topological polar surface area (TPSA) is 27.1 Å². The first-order valence-electron chi connectivity index (χ1n) is 9.71. The Hall–Kier alpha value is -3.07. The van der Waals surface area contributed by atoms with E-state index in [0.29, 0.717) is 6.54 Å². The third-order valence-corrected chi connectivity index (χ3v) is 5.08. The van der Waals surface area contributed by atoms with E-state index in [1.54, 1.807) is 6.20 Å². The summed E-state index contributed by atoms with van der Waals surface area (Å²) in [7, 11) is 0. The van der Waals surface area contributed by atoms with E-state index >= 15 is 0 Å². The van der Waals surface area contributed by atoms with Gasteiger partial charge in [-0.2, -0.15) is 0 Å². The highest BCUT2D eigenvalue weighted by Gasteiger charge is 2.17. The predicted molar refractivity (Wildman–Crippen MR) is 115 cm³/mol. The summed E-state index contributed by atoms with van der Waals surface area (Å²) in [6.45, 7) is 7.37. The van der Waals surface area contributed by atoms with Crippen molar-refractivity contribution < 1.29 is 4.74 Å². The Bertz CT molecular complexity index is 1040. The zero-order valence-electron chi connectivity index (χ0n) is 16.7. The van der Waals surface area contributed by atoms with Crippen LogP contribution in [0, 0.1) is 0 Å². The summed E-state index contributed by atoms with van der Waals surface area (Å²) in [4.78, 5) is 4.17. The monoisotopic (exact) mass is 370 g/mol. The first-order valence-corrected chi connectivity index (χ1v) is 9.71. The van der Waals surface area contributed by atoms with E-state index < -0.39 is 0 Å². The van der Waals surface area contributed by atoms with Gasteiger partial charge in [-0.1, -0.05) is 69.3 Å². The minimum absolute atomic E-state index is 0.0979. The maximum absolute atomic E-state index is 6.44. The third kappa shape index (κ3) is 4.09. The zero-order valence-corrected chi connectivity index (χ0v) is 16.7. The molecule has 0 fully saturated rings. The summed E-state index contributed by atoms with van der Waals surface area (Å²) in [5.41, 5.74) is 2.59. The van der Waals surface area contributed by atoms with Crippen LogP contribution in [0.4, 0.5) is 0 Å². The molecule has 4 aromatic rings. The Morgan fingerprint density at radius 1 is 0.929 bits per heavy atom. The Morgan fingerprint density at radius 3 is 2.36 bits per heavy atom. The predicted octanol–water partition coefficient (Wildman–Crippen LogP) is 6.15. The van der Waals surface area contributed by atoms with Gasteiger partial charge in [0, 0.05) is 12.4 Å². The Kier molecular flexibility index (Phi) is 4.91. The summed E-state index contributed by atoms with van der Waals surface area (Å²) in [6.07, 6.45) is 5.51. The molecule has 3 heteroatoms. The fourth-order valence-electron chi connectivity index (χ4n) is 3.40. The summed E-state index contributed by atoms with van der Waals surface area (Å²) >= 11 is 0. The molecule has 0 aliphatic rings. The van der Waals surface area contributed by atoms with Crippen molar-refractivity contribution in [1.29, 1.82) is 0 Å². The largest absolute Gasteiger partial charge is 0.484 e. The third-order valence-electron chi connectivity index (χ3n) is 5.08. The Labute approximate surface area is 166 Å². The fourth-order valence-corrected chi connectivity index (χ4v) is 3.40. The fraction of sp³-hybridized carbons (Fsp3) is 0.240. The van der Waals surface area contributed by atoms with Crippen molar-refractivity contribution in [2.75, 3.05) is 0 Å². The van der Waals surface area contributed by atoms with Crippen molar-refractivity contribution >= 4 is 10.8 Å². The lowest BCUT2D eigenvalue weighted by atomic mass is 9.87. The maximum Gasteiger partial charge on any atom is 0.142 e. The van der Waals surface area contributed by atoms with Crippen molar-refractivity contribution in [3.05, 3.63) is 96.6 Å². The molecule has 1 atom stereocenters. The SMILES string of the molecule is CC(C)(C)c1ccc(OC(Cn2ccnc2)c2ccc3ccccc3c2)cc1. The minimum atomic E-state index is -0.0979. The van der Waals surface area contributed by atoms with Gasteiger partial charge in [-0.15, -0.1) is 0 Å². The lowest BCUT2D eigenvalue weighted by Gasteiger charge is -2.22. The highest BCUT2D eigenvalue weighted by atomic mass is 16.5. The molecule has 0 spiro atoms. The van der Waals surface area contributed by atoms with Crippen molar-refractivity contribution in [2.24, 2.45) is 0 Å². The van der Waals surface area contributed by atoms with Crippen molar-refractivity contribution in [3.8, 4) is 5.75 Å². The van der Waals surface area contributed by atoms with Crippen LogP contribution in [-0.2, 0) is 12.0 Å². The van der Waals surface area contributed by atoms with Crippen LogP contribution in [0.5, 0.6) is 5.75 Å². The van der Waals surface area contributed by atoms with E-state index in [1.165, 1.54) is 16.3 Å². The summed E-state index contributed by atoms with van der Waals surface area (Å²) in [5.74, 6) is 0.881. The van der Waals surface area contributed by atoms with Gasteiger partial charge in [0.25, 0.3) is 0 Å². The number of hydrogen-bond donors (Lipinski definition) is 0. The van der Waals surface area contributed by atoms with Crippen LogP contribution >= 0.6 is 0 Å². The summed E-state index contributed by atoms with van der Waals surface area (Å²) < 4.78 is 8.50. The van der Waals surface area contributed by atoms with Crippen molar-refractivity contribution in [3.63, 3.8) is 0 Å². The average Bonchev–Trinajstić information content (AvgIpc) is 3.20. The molecule has 1 unspecified atom stereocenters. The van der Waals surface area contributed by atoms with Crippen LogP contribution in [0.15, 0.2) is 85.5 Å². The number of ether oxygens (including phenoxy) is 1. The molecule has 142 valence electrons. The molecule has 3 aromatic carbocycles.